The van der Waals surface area contributed by atoms with Gasteiger partial charge in [0.15, 0.2) is 23.1 Å². The van der Waals surface area contributed by atoms with Crippen LogP contribution >= 0.6 is 0 Å². The van der Waals surface area contributed by atoms with Crippen LogP contribution in [0.25, 0.3) is 0 Å². The molecule has 0 unspecified atom stereocenters. The van der Waals surface area contributed by atoms with Crippen LogP contribution in [0.1, 0.15) is 170 Å². The van der Waals surface area contributed by atoms with Gasteiger partial charge in [0.25, 0.3) is 0 Å². The average molecular weight is 1060 g/mol. The minimum atomic E-state index is -1.38. The zero-order chi connectivity index (χ0) is 54.3. The van der Waals surface area contributed by atoms with Gasteiger partial charge in [-0.2, -0.15) is 0 Å². The van der Waals surface area contributed by atoms with E-state index in [0.29, 0.717) is 26.1 Å². The van der Waals surface area contributed by atoms with Gasteiger partial charge < -0.3 is 67.5 Å². The lowest BCUT2D eigenvalue weighted by molar-refractivity contribution is -0.175. The summed E-state index contributed by atoms with van der Waals surface area (Å²) in [4.78, 5) is 30.7. The summed E-state index contributed by atoms with van der Waals surface area (Å²) in [6.07, 6.45) is 8.26. The van der Waals surface area contributed by atoms with E-state index in [2.05, 4.69) is 24.5 Å². The zero-order valence-electron chi connectivity index (χ0n) is 47.6. The lowest BCUT2D eigenvalue weighted by Gasteiger charge is -2.33. The molecular weight excluding hydrogens is 961 g/mol. The third-order valence-corrected chi connectivity index (χ3v) is 14.7. The summed E-state index contributed by atoms with van der Waals surface area (Å²) in [5.74, 6) is -2.95. The van der Waals surface area contributed by atoms with E-state index in [0.717, 1.165) is 99.7 Å². The molecule has 0 spiro atoms. The van der Waals surface area contributed by atoms with Crippen LogP contribution in [0.3, 0.4) is 0 Å². The van der Waals surface area contributed by atoms with Crippen molar-refractivity contribution in [2.75, 3.05) is 40.5 Å². The highest BCUT2D eigenvalue weighted by Gasteiger charge is 2.56. The first-order valence-corrected chi connectivity index (χ1v) is 28.1. The van der Waals surface area contributed by atoms with Gasteiger partial charge in [-0.1, -0.05) is 115 Å². The highest BCUT2D eigenvalue weighted by atomic mass is 16.8. The van der Waals surface area contributed by atoms with Gasteiger partial charge in [0.1, 0.15) is 65.7 Å². The summed E-state index contributed by atoms with van der Waals surface area (Å²) in [5.41, 5.74) is 0.601. The highest BCUT2D eigenvalue weighted by molar-refractivity contribution is 6.05. The van der Waals surface area contributed by atoms with Gasteiger partial charge in [0, 0.05) is 13.1 Å². The number of benzene rings is 2. The lowest BCUT2D eigenvalue weighted by atomic mass is 9.75. The molecule has 6 rings (SSSR count). The number of rotatable bonds is 32. The van der Waals surface area contributed by atoms with Crippen molar-refractivity contribution in [1.29, 1.82) is 0 Å². The van der Waals surface area contributed by atoms with Crippen molar-refractivity contribution in [3.8, 4) is 11.5 Å². The molecule has 2 amide bonds. The van der Waals surface area contributed by atoms with Gasteiger partial charge in [0.05, 0.1) is 40.6 Å². The molecule has 0 aromatic heterocycles. The van der Waals surface area contributed by atoms with Gasteiger partial charge in [-0.15, -0.1) is 0 Å². The molecule has 2 aromatic carbocycles. The summed E-state index contributed by atoms with van der Waals surface area (Å²) in [6.45, 7) is 20.7. The van der Waals surface area contributed by atoms with E-state index in [4.69, 9.17) is 56.8 Å². The number of methoxy groups -OCH3 is 2. The molecule has 16 nitrogen and oxygen atoms in total. The quantitative estimate of drug-likeness (QED) is 0.0524. The maximum Gasteiger partial charge on any atom is 0.235 e. The molecule has 4 heterocycles. The number of nitrogens with one attached hydrogen (secondary N) is 2. The van der Waals surface area contributed by atoms with Gasteiger partial charge in [-0.05, 0) is 104 Å². The number of carbonyl (C=O) groups excluding carboxylic acids is 2. The Morgan fingerprint density at radius 3 is 1.09 bits per heavy atom. The normalized spacial score (nSPS) is 26.6. The van der Waals surface area contributed by atoms with Crippen molar-refractivity contribution in [3.05, 3.63) is 59.7 Å². The second-order valence-corrected chi connectivity index (χ2v) is 22.8. The molecule has 4 fully saturated rings. The smallest absolute Gasteiger partial charge is 0.235 e. The second kappa shape index (κ2) is 27.9. The Kier molecular flexibility index (Phi) is 22.7. The summed E-state index contributed by atoms with van der Waals surface area (Å²) in [6, 6.07) is 15.5. The van der Waals surface area contributed by atoms with Crippen LogP contribution in [0.15, 0.2) is 48.5 Å². The van der Waals surface area contributed by atoms with Crippen molar-refractivity contribution in [2.24, 2.45) is 5.41 Å². The molecular formula is C59H94N2O14. The number of ether oxygens (including phenoxy) is 12. The Hall–Kier alpha value is -3.42. The highest BCUT2D eigenvalue weighted by Crippen LogP contribution is 2.41. The first-order valence-electron chi connectivity index (χ1n) is 28.1. The Bertz CT molecular complexity index is 1880. The predicted molar refractivity (Wildman–Crippen MR) is 285 cm³/mol. The minimum Gasteiger partial charge on any atom is -0.497 e. The third-order valence-electron chi connectivity index (χ3n) is 14.7. The van der Waals surface area contributed by atoms with E-state index in [1.54, 1.807) is 14.2 Å². The fourth-order valence-electron chi connectivity index (χ4n) is 11.0. The van der Waals surface area contributed by atoms with Crippen molar-refractivity contribution in [3.63, 3.8) is 0 Å². The molecule has 2 N–H and O–H groups in total. The molecule has 0 bridgehead atoms. The molecule has 4 aliphatic rings. The van der Waals surface area contributed by atoms with Crippen LogP contribution in [0.4, 0.5) is 0 Å². The molecule has 75 heavy (non-hydrogen) atoms. The Morgan fingerprint density at radius 2 is 0.760 bits per heavy atom. The molecule has 4 aliphatic heterocycles. The molecule has 8 atom stereocenters. The van der Waals surface area contributed by atoms with Crippen molar-refractivity contribution in [2.45, 2.75) is 244 Å². The van der Waals surface area contributed by atoms with E-state index >= 15 is 9.59 Å². The maximum absolute atomic E-state index is 15.3. The fraction of sp³-hybridized carbons (Fsp3) is 0.763. The van der Waals surface area contributed by atoms with Gasteiger partial charge in [-0.25, -0.2) is 0 Å². The summed E-state index contributed by atoms with van der Waals surface area (Å²) < 4.78 is 75.4. The van der Waals surface area contributed by atoms with Gasteiger partial charge in [0.2, 0.25) is 11.8 Å². The summed E-state index contributed by atoms with van der Waals surface area (Å²) in [5, 5.41) is 6.52. The van der Waals surface area contributed by atoms with Crippen molar-refractivity contribution < 1.29 is 66.4 Å². The average Bonchev–Trinajstić information content (AvgIpc) is 4.07. The van der Waals surface area contributed by atoms with Crippen LogP contribution in [0.5, 0.6) is 11.5 Å². The Morgan fingerprint density at radius 1 is 0.453 bits per heavy atom. The molecule has 4 saturated heterocycles. The van der Waals surface area contributed by atoms with E-state index in [-0.39, 0.29) is 38.1 Å². The first kappa shape index (κ1) is 60.8. The Balaban J connectivity index is 1.19. The van der Waals surface area contributed by atoms with E-state index < -0.39 is 77.4 Å². The van der Waals surface area contributed by atoms with Gasteiger partial charge in [-0.3, -0.25) is 9.59 Å². The monoisotopic (exact) mass is 1050 g/mol. The number of amides is 2. The lowest BCUT2D eigenvalue weighted by Crippen LogP contribution is -2.56. The predicted octanol–water partition coefficient (Wildman–Crippen LogP) is 10.2. The number of unbranched alkanes of at least 4 members (excludes halogenated alkanes) is 10. The van der Waals surface area contributed by atoms with Crippen molar-refractivity contribution in [1.82, 2.24) is 10.6 Å². The Labute approximate surface area is 448 Å². The topological polar surface area (TPSA) is 169 Å². The standard InChI is InChI=1S/C59H94N2O14/c1-13-15-17-19-21-23-33-59(34-24-22-20-18-16-14-2,53(62)60-35-45-49(72-55(3,4)68-45)51-47(70-57(7,8)74-51)39-66-37-41-25-29-43(64-11)30-26-41)54(63)61-36-46-50(73-56(5,6)69-46)52-48(71-58(9,10)75-52)40-67-38-42-27-31-44(65-12)32-28-42/h25-32,45-52H,13-24,33-40H2,1-12H3,(H,60,62)(H,61,63)/t45-,46-,47-,48-,49+,50+,51+,52+/m1/s1. The molecule has 16 heteroatoms. The largest absolute Gasteiger partial charge is 0.497 e. The number of hydrogen-bond acceptors (Lipinski definition) is 14. The van der Waals surface area contributed by atoms with Crippen LogP contribution in [-0.2, 0) is 70.2 Å². The van der Waals surface area contributed by atoms with E-state index in [1.165, 1.54) is 0 Å². The number of carbonyl (C=O) groups is 2. The van der Waals surface area contributed by atoms with Crippen LogP contribution in [-0.4, -0.2) is 124 Å². The van der Waals surface area contributed by atoms with Gasteiger partial charge >= 0.3 is 0 Å². The minimum absolute atomic E-state index is 0.0846. The molecule has 0 aliphatic carbocycles. The second-order valence-electron chi connectivity index (χ2n) is 22.8. The molecule has 0 radical (unpaired) electrons. The molecule has 424 valence electrons. The van der Waals surface area contributed by atoms with Crippen LogP contribution in [0, 0.1) is 5.41 Å². The van der Waals surface area contributed by atoms with Crippen LogP contribution in [0.2, 0.25) is 0 Å². The molecule has 0 saturated carbocycles. The number of hydrogen-bond donors (Lipinski definition) is 2. The fourth-order valence-corrected chi connectivity index (χ4v) is 11.0. The zero-order valence-corrected chi connectivity index (χ0v) is 47.6. The third kappa shape index (κ3) is 17.8. The summed E-state index contributed by atoms with van der Waals surface area (Å²) in [7, 11) is 3.28. The van der Waals surface area contributed by atoms with Crippen LogP contribution < -0.4 is 20.1 Å². The van der Waals surface area contributed by atoms with E-state index in [1.807, 2.05) is 104 Å². The van der Waals surface area contributed by atoms with Crippen molar-refractivity contribution >= 4 is 11.8 Å². The maximum atomic E-state index is 15.3. The first-order chi connectivity index (χ1) is 35.7. The molecule has 2 aromatic rings. The van der Waals surface area contributed by atoms with E-state index in [9.17, 15) is 0 Å². The summed E-state index contributed by atoms with van der Waals surface area (Å²) >= 11 is 0. The SMILES string of the molecule is CCCCCCCCC(CCCCCCCC)(C(=O)NC[C@H]1OC(C)(C)O[C@@H]1[C@H]1OC(C)(C)O[C@@H]1COCc1ccc(OC)cc1)C(=O)NC[C@H]1OC(C)(C)O[C@@H]1[C@H]1OC(C)(C)O[C@@H]1COCc1ccc(OC)cc1.